The number of phenolic OH excluding ortho intramolecular Hbond substituents is 1. The number of rotatable bonds is 11. The number of nitrogens with zero attached hydrogens (tertiary/aromatic N) is 3. The fraction of sp³-hybridized carbons (Fsp3) is 0.276. The van der Waals surface area contributed by atoms with Gasteiger partial charge in [-0.15, -0.1) is 0 Å². The number of phenols is 1. The molecule has 3 aromatic carbocycles. The van der Waals surface area contributed by atoms with Crippen molar-refractivity contribution in [1.82, 2.24) is 15.0 Å². The van der Waals surface area contributed by atoms with Crippen molar-refractivity contribution in [2.45, 2.75) is 33.6 Å². The van der Waals surface area contributed by atoms with E-state index >= 15 is 0 Å². The number of unbranched alkanes of at least 4 members (excludes halogenated alkanes) is 1. The lowest BCUT2D eigenvalue weighted by atomic mass is 10.1. The third kappa shape index (κ3) is 6.10. The molecule has 1 heterocycles. The Morgan fingerprint density at radius 3 is 1.58 bits per heavy atom. The van der Waals surface area contributed by atoms with E-state index in [0.29, 0.717) is 48.6 Å². The standard InChI is InChI=1S/C29H31N3O4/c1-4-7-18-36-24-16-17-25(26(33)19-24)29-31-27(20-8-12-22(13-9-20)34-5-2)30-28(32-29)21-10-14-23(15-11-21)35-6-3/h8-17,19,33H,4-7,18H2,1-3H3. The summed E-state index contributed by atoms with van der Waals surface area (Å²) >= 11 is 0. The van der Waals surface area contributed by atoms with Gasteiger partial charge < -0.3 is 19.3 Å². The normalized spacial score (nSPS) is 10.8. The maximum absolute atomic E-state index is 10.8. The quantitative estimate of drug-likeness (QED) is 0.241. The number of aromatic hydroxyl groups is 1. The van der Waals surface area contributed by atoms with Gasteiger partial charge in [-0.1, -0.05) is 13.3 Å². The summed E-state index contributed by atoms with van der Waals surface area (Å²) in [5.41, 5.74) is 2.13. The molecule has 0 atom stereocenters. The average Bonchev–Trinajstić information content (AvgIpc) is 2.90. The lowest BCUT2D eigenvalue weighted by molar-refractivity contribution is 0.307. The summed E-state index contributed by atoms with van der Waals surface area (Å²) in [5, 5.41) is 10.8. The van der Waals surface area contributed by atoms with Crippen molar-refractivity contribution in [3.8, 4) is 57.2 Å². The zero-order chi connectivity index (χ0) is 25.3. The summed E-state index contributed by atoms with van der Waals surface area (Å²) in [6.07, 6.45) is 1.99. The minimum Gasteiger partial charge on any atom is -0.507 e. The van der Waals surface area contributed by atoms with Crippen LogP contribution in [0.4, 0.5) is 0 Å². The number of hydrogen-bond acceptors (Lipinski definition) is 7. The Morgan fingerprint density at radius 1 is 0.611 bits per heavy atom. The van der Waals surface area contributed by atoms with Gasteiger partial charge >= 0.3 is 0 Å². The van der Waals surface area contributed by atoms with Gasteiger partial charge in [0.2, 0.25) is 0 Å². The molecule has 0 aliphatic rings. The van der Waals surface area contributed by atoms with Crippen molar-refractivity contribution < 1.29 is 19.3 Å². The Hall–Kier alpha value is -4.13. The molecule has 0 fully saturated rings. The largest absolute Gasteiger partial charge is 0.507 e. The minimum absolute atomic E-state index is 0.0467. The molecule has 0 unspecified atom stereocenters. The third-order valence-corrected chi connectivity index (χ3v) is 5.46. The van der Waals surface area contributed by atoms with Gasteiger partial charge in [0.25, 0.3) is 0 Å². The molecule has 0 saturated heterocycles. The number of aromatic nitrogens is 3. The van der Waals surface area contributed by atoms with Gasteiger partial charge in [-0.3, -0.25) is 0 Å². The van der Waals surface area contributed by atoms with E-state index in [4.69, 9.17) is 29.2 Å². The molecule has 186 valence electrons. The average molecular weight is 486 g/mol. The van der Waals surface area contributed by atoms with E-state index in [0.717, 1.165) is 35.5 Å². The molecule has 7 heteroatoms. The van der Waals surface area contributed by atoms with Crippen LogP contribution in [0.3, 0.4) is 0 Å². The predicted octanol–water partition coefficient (Wildman–Crippen LogP) is 6.55. The number of ether oxygens (including phenoxy) is 3. The first kappa shape index (κ1) is 25.0. The van der Waals surface area contributed by atoms with Crippen molar-refractivity contribution in [3.05, 3.63) is 66.7 Å². The molecule has 0 aliphatic heterocycles. The van der Waals surface area contributed by atoms with Gasteiger partial charge in [0, 0.05) is 17.2 Å². The summed E-state index contributed by atoms with van der Waals surface area (Å²) in [6.45, 7) is 7.78. The van der Waals surface area contributed by atoms with Crippen LogP contribution in [-0.4, -0.2) is 39.9 Å². The molecular formula is C29H31N3O4. The molecular weight excluding hydrogens is 454 g/mol. The van der Waals surface area contributed by atoms with Gasteiger partial charge in [0.05, 0.1) is 25.4 Å². The molecule has 0 amide bonds. The van der Waals surface area contributed by atoms with Crippen LogP contribution in [0, 0.1) is 0 Å². The minimum atomic E-state index is 0.0467. The first-order chi connectivity index (χ1) is 17.6. The maximum Gasteiger partial charge on any atom is 0.167 e. The summed E-state index contributed by atoms with van der Waals surface area (Å²) < 4.78 is 16.9. The predicted molar refractivity (Wildman–Crippen MR) is 141 cm³/mol. The third-order valence-electron chi connectivity index (χ3n) is 5.46. The number of benzene rings is 3. The van der Waals surface area contributed by atoms with Gasteiger partial charge in [0.1, 0.15) is 23.0 Å². The number of hydrogen-bond donors (Lipinski definition) is 1. The highest BCUT2D eigenvalue weighted by Crippen LogP contribution is 2.33. The summed E-state index contributed by atoms with van der Waals surface area (Å²) in [7, 11) is 0. The van der Waals surface area contributed by atoms with Crippen LogP contribution in [0.15, 0.2) is 66.7 Å². The first-order valence-corrected chi connectivity index (χ1v) is 12.3. The van der Waals surface area contributed by atoms with Crippen molar-refractivity contribution in [2.75, 3.05) is 19.8 Å². The molecule has 0 aliphatic carbocycles. The molecule has 0 saturated carbocycles. The molecule has 7 nitrogen and oxygen atoms in total. The van der Waals surface area contributed by atoms with Crippen LogP contribution >= 0.6 is 0 Å². The lowest BCUT2D eigenvalue weighted by Crippen LogP contribution is -2.01. The molecule has 0 radical (unpaired) electrons. The zero-order valence-corrected chi connectivity index (χ0v) is 20.9. The van der Waals surface area contributed by atoms with Gasteiger partial charge in [0.15, 0.2) is 17.5 Å². The Bertz CT molecular complexity index is 1210. The van der Waals surface area contributed by atoms with E-state index in [1.807, 2.05) is 68.4 Å². The Kier molecular flexibility index (Phi) is 8.34. The van der Waals surface area contributed by atoms with E-state index in [2.05, 4.69) is 6.92 Å². The lowest BCUT2D eigenvalue weighted by Gasteiger charge is -2.11. The molecule has 36 heavy (non-hydrogen) atoms. The summed E-state index contributed by atoms with van der Waals surface area (Å²) in [5.74, 6) is 3.57. The Balaban J connectivity index is 1.75. The van der Waals surface area contributed by atoms with Crippen molar-refractivity contribution in [1.29, 1.82) is 0 Å². The van der Waals surface area contributed by atoms with Gasteiger partial charge in [-0.2, -0.15) is 0 Å². The Labute approximate surface area is 211 Å². The van der Waals surface area contributed by atoms with Crippen molar-refractivity contribution in [3.63, 3.8) is 0 Å². The van der Waals surface area contributed by atoms with E-state index in [1.165, 1.54) is 0 Å². The Morgan fingerprint density at radius 2 is 1.11 bits per heavy atom. The highest BCUT2D eigenvalue weighted by Gasteiger charge is 2.15. The molecule has 4 aromatic rings. The van der Waals surface area contributed by atoms with E-state index in [-0.39, 0.29) is 5.75 Å². The monoisotopic (exact) mass is 485 g/mol. The van der Waals surface area contributed by atoms with Gasteiger partial charge in [-0.25, -0.2) is 15.0 Å². The van der Waals surface area contributed by atoms with E-state index in [9.17, 15) is 5.11 Å². The van der Waals surface area contributed by atoms with Crippen molar-refractivity contribution in [2.24, 2.45) is 0 Å². The fourth-order valence-corrected chi connectivity index (χ4v) is 3.61. The summed E-state index contributed by atoms with van der Waals surface area (Å²) in [4.78, 5) is 14.1. The second-order valence-electron chi connectivity index (χ2n) is 8.10. The first-order valence-electron chi connectivity index (χ1n) is 12.3. The summed E-state index contributed by atoms with van der Waals surface area (Å²) in [6, 6.07) is 20.4. The van der Waals surface area contributed by atoms with E-state index < -0.39 is 0 Å². The second kappa shape index (κ2) is 12.0. The molecule has 0 bridgehead atoms. The van der Waals surface area contributed by atoms with Crippen LogP contribution in [0.25, 0.3) is 34.2 Å². The van der Waals surface area contributed by atoms with Crippen LogP contribution in [0.1, 0.15) is 33.6 Å². The van der Waals surface area contributed by atoms with Gasteiger partial charge in [-0.05, 0) is 80.9 Å². The van der Waals surface area contributed by atoms with Crippen LogP contribution < -0.4 is 14.2 Å². The van der Waals surface area contributed by atoms with Crippen LogP contribution in [0.2, 0.25) is 0 Å². The molecule has 1 aromatic heterocycles. The fourth-order valence-electron chi connectivity index (χ4n) is 3.61. The SMILES string of the molecule is CCCCOc1ccc(-c2nc(-c3ccc(OCC)cc3)nc(-c3ccc(OCC)cc3)n2)c(O)c1. The maximum atomic E-state index is 10.8. The smallest absolute Gasteiger partial charge is 0.167 e. The topological polar surface area (TPSA) is 86.6 Å². The molecule has 1 N–H and O–H groups in total. The highest BCUT2D eigenvalue weighted by molar-refractivity contribution is 5.70. The van der Waals surface area contributed by atoms with Crippen LogP contribution in [0.5, 0.6) is 23.0 Å². The second-order valence-corrected chi connectivity index (χ2v) is 8.10. The van der Waals surface area contributed by atoms with E-state index in [1.54, 1.807) is 12.1 Å². The van der Waals surface area contributed by atoms with Crippen LogP contribution in [-0.2, 0) is 0 Å². The molecule has 4 rings (SSSR count). The molecule has 0 spiro atoms. The highest BCUT2D eigenvalue weighted by atomic mass is 16.5. The van der Waals surface area contributed by atoms with Crippen molar-refractivity contribution >= 4 is 0 Å². The zero-order valence-electron chi connectivity index (χ0n) is 20.9.